The van der Waals surface area contributed by atoms with Crippen molar-refractivity contribution < 1.29 is 4.79 Å². The Morgan fingerprint density at radius 1 is 1.00 bits per heavy atom. The molecule has 3 nitrogen and oxygen atoms in total. The van der Waals surface area contributed by atoms with Crippen LogP contribution in [0.4, 0.5) is 11.4 Å². The number of benzene rings is 2. The van der Waals surface area contributed by atoms with E-state index in [0.717, 1.165) is 36.3 Å². The van der Waals surface area contributed by atoms with Gasteiger partial charge in [0.2, 0.25) is 5.91 Å². The maximum Gasteiger partial charge on any atom is 0.224 e. The summed E-state index contributed by atoms with van der Waals surface area (Å²) < 4.78 is 0. The first-order valence-corrected chi connectivity index (χ1v) is 8.29. The molecule has 2 N–H and O–H groups in total. The second kappa shape index (κ2) is 8.37. The minimum atomic E-state index is 0.0763. The second-order valence-electron chi connectivity index (χ2n) is 5.94. The number of nitrogens with one attached hydrogen (secondary N) is 2. The number of anilines is 2. The van der Waals surface area contributed by atoms with E-state index in [1.165, 1.54) is 11.1 Å². The molecule has 0 heterocycles. The first kappa shape index (κ1) is 17.1. The van der Waals surface area contributed by atoms with Crippen molar-refractivity contribution in [2.45, 2.75) is 40.0 Å². The minimum absolute atomic E-state index is 0.0763. The Morgan fingerprint density at radius 2 is 1.70 bits per heavy atom. The molecule has 0 saturated heterocycles. The van der Waals surface area contributed by atoms with E-state index in [9.17, 15) is 4.79 Å². The average molecular weight is 310 g/mol. The molecule has 0 unspecified atom stereocenters. The predicted octanol–water partition coefficient (Wildman–Crippen LogP) is 4.70. The van der Waals surface area contributed by atoms with Gasteiger partial charge in [-0.25, -0.2) is 0 Å². The van der Waals surface area contributed by atoms with Crippen molar-refractivity contribution in [3.63, 3.8) is 0 Å². The van der Waals surface area contributed by atoms with Crippen molar-refractivity contribution in [3.05, 3.63) is 59.2 Å². The molecule has 3 heteroatoms. The van der Waals surface area contributed by atoms with Crippen LogP contribution in [0, 0.1) is 13.8 Å². The second-order valence-corrected chi connectivity index (χ2v) is 5.94. The topological polar surface area (TPSA) is 41.1 Å². The van der Waals surface area contributed by atoms with Gasteiger partial charge >= 0.3 is 0 Å². The Kier molecular flexibility index (Phi) is 6.21. The summed E-state index contributed by atoms with van der Waals surface area (Å²) in [5.74, 6) is 0.0763. The molecule has 0 aliphatic rings. The highest BCUT2D eigenvalue weighted by Crippen LogP contribution is 2.23. The third-order valence-corrected chi connectivity index (χ3v) is 3.93. The van der Waals surface area contributed by atoms with Crippen LogP contribution in [0.3, 0.4) is 0 Å². The molecule has 0 atom stereocenters. The van der Waals surface area contributed by atoms with Gasteiger partial charge < -0.3 is 10.6 Å². The summed E-state index contributed by atoms with van der Waals surface area (Å²) in [5, 5.41) is 6.46. The Hall–Kier alpha value is -2.29. The van der Waals surface area contributed by atoms with Crippen molar-refractivity contribution in [2.75, 3.05) is 17.2 Å². The molecule has 0 bridgehead atoms. The molecular formula is C20H26N2O. The number of hydrogen-bond donors (Lipinski definition) is 2. The lowest BCUT2D eigenvalue weighted by Gasteiger charge is -2.14. The van der Waals surface area contributed by atoms with Gasteiger partial charge in [0, 0.05) is 24.3 Å². The lowest BCUT2D eigenvalue weighted by Crippen LogP contribution is -2.13. The quantitative estimate of drug-likeness (QED) is 0.778. The van der Waals surface area contributed by atoms with Gasteiger partial charge in [0.25, 0.3) is 0 Å². The first-order chi connectivity index (χ1) is 11.1. The van der Waals surface area contributed by atoms with E-state index in [4.69, 9.17) is 0 Å². The molecule has 0 spiro atoms. The maximum absolute atomic E-state index is 11.8. The lowest BCUT2D eigenvalue weighted by atomic mass is 10.1. The molecule has 0 aliphatic heterocycles. The van der Waals surface area contributed by atoms with E-state index in [1.807, 2.05) is 26.0 Å². The van der Waals surface area contributed by atoms with Crippen molar-refractivity contribution in [3.8, 4) is 0 Å². The van der Waals surface area contributed by atoms with E-state index in [1.54, 1.807) is 0 Å². The largest absolute Gasteiger partial charge is 0.384 e. The van der Waals surface area contributed by atoms with Gasteiger partial charge in [0.15, 0.2) is 0 Å². The van der Waals surface area contributed by atoms with Crippen molar-refractivity contribution in [1.82, 2.24) is 0 Å². The summed E-state index contributed by atoms with van der Waals surface area (Å²) in [6, 6.07) is 14.6. The lowest BCUT2D eigenvalue weighted by molar-refractivity contribution is -0.116. The summed E-state index contributed by atoms with van der Waals surface area (Å²) in [6.07, 6.45) is 2.40. The fourth-order valence-corrected chi connectivity index (χ4v) is 2.50. The summed E-state index contributed by atoms with van der Waals surface area (Å²) in [6.45, 7) is 7.02. The molecular weight excluding hydrogens is 284 g/mol. The van der Waals surface area contributed by atoms with E-state index in [2.05, 4.69) is 47.9 Å². The monoisotopic (exact) mass is 310 g/mol. The fourth-order valence-electron chi connectivity index (χ4n) is 2.50. The highest BCUT2D eigenvalue weighted by molar-refractivity contribution is 5.92. The fraction of sp³-hybridized carbons (Fsp3) is 0.350. The van der Waals surface area contributed by atoms with Crippen LogP contribution in [0.25, 0.3) is 0 Å². The molecule has 2 aromatic carbocycles. The van der Waals surface area contributed by atoms with Crippen molar-refractivity contribution >= 4 is 17.3 Å². The van der Waals surface area contributed by atoms with Gasteiger partial charge in [-0.3, -0.25) is 4.79 Å². The standard InChI is InChI=1S/C20H26N2O/c1-4-6-20(23)22-19-8-5-7-18(16(19)3)21-14-13-17-11-9-15(2)10-12-17/h5,7-12,21H,4,6,13-14H2,1-3H3,(H,22,23). The molecule has 0 saturated carbocycles. The summed E-state index contributed by atoms with van der Waals surface area (Å²) in [5.41, 5.74) is 5.66. The van der Waals surface area contributed by atoms with Gasteiger partial charge in [-0.15, -0.1) is 0 Å². The third kappa shape index (κ3) is 5.13. The zero-order valence-electron chi connectivity index (χ0n) is 14.3. The highest BCUT2D eigenvalue weighted by Gasteiger charge is 2.06. The van der Waals surface area contributed by atoms with E-state index in [-0.39, 0.29) is 5.91 Å². The smallest absolute Gasteiger partial charge is 0.224 e. The summed E-state index contributed by atoms with van der Waals surface area (Å²) >= 11 is 0. The normalized spacial score (nSPS) is 10.4. The zero-order chi connectivity index (χ0) is 16.7. The predicted molar refractivity (Wildman–Crippen MR) is 98.1 cm³/mol. The molecule has 23 heavy (non-hydrogen) atoms. The number of amides is 1. The Bertz CT molecular complexity index is 647. The Morgan fingerprint density at radius 3 is 2.39 bits per heavy atom. The molecule has 2 aromatic rings. The SMILES string of the molecule is CCCC(=O)Nc1cccc(NCCc2ccc(C)cc2)c1C. The van der Waals surface area contributed by atoms with Gasteiger partial charge in [0.05, 0.1) is 0 Å². The van der Waals surface area contributed by atoms with E-state index >= 15 is 0 Å². The number of rotatable bonds is 7. The van der Waals surface area contributed by atoms with E-state index in [0.29, 0.717) is 6.42 Å². The van der Waals surface area contributed by atoms with Crippen LogP contribution < -0.4 is 10.6 Å². The number of carbonyl (C=O) groups is 1. The first-order valence-electron chi connectivity index (χ1n) is 8.29. The van der Waals surface area contributed by atoms with Crippen LogP contribution >= 0.6 is 0 Å². The van der Waals surface area contributed by atoms with Gasteiger partial charge in [-0.1, -0.05) is 42.8 Å². The summed E-state index contributed by atoms with van der Waals surface area (Å²) in [7, 11) is 0. The number of hydrogen-bond acceptors (Lipinski definition) is 2. The molecule has 2 rings (SSSR count). The average Bonchev–Trinajstić information content (AvgIpc) is 2.53. The molecule has 0 fully saturated rings. The minimum Gasteiger partial charge on any atom is -0.384 e. The molecule has 0 aliphatic carbocycles. The van der Waals surface area contributed by atoms with Gasteiger partial charge in [-0.05, 0) is 49.9 Å². The molecule has 0 radical (unpaired) electrons. The van der Waals surface area contributed by atoms with Gasteiger partial charge in [0.1, 0.15) is 0 Å². The Balaban J connectivity index is 1.94. The highest BCUT2D eigenvalue weighted by atomic mass is 16.1. The number of carbonyl (C=O) groups excluding carboxylic acids is 1. The molecule has 0 aromatic heterocycles. The van der Waals surface area contributed by atoms with Crippen molar-refractivity contribution in [1.29, 1.82) is 0 Å². The van der Waals surface area contributed by atoms with Crippen molar-refractivity contribution in [2.24, 2.45) is 0 Å². The van der Waals surface area contributed by atoms with Crippen LogP contribution in [0.2, 0.25) is 0 Å². The van der Waals surface area contributed by atoms with Crippen LogP contribution in [0.1, 0.15) is 36.5 Å². The molecule has 122 valence electrons. The van der Waals surface area contributed by atoms with Crippen LogP contribution in [0.15, 0.2) is 42.5 Å². The van der Waals surface area contributed by atoms with Crippen LogP contribution in [-0.4, -0.2) is 12.5 Å². The number of aryl methyl sites for hydroxylation is 1. The maximum atomic E-state index is 11.8. The third-order valence-electron chi connectivity index (χ3n) is 3.93. The van der Waals surface area contributed by atoms with Crippen LogP contribution in [0.5, 0.6) is 0 Å². The van der Waals surface area contributed by atoms with E-state index < -0.39 is 0 Å². The Labute approximate surface area is 139 Å². The summed E-state index contributed by atoms with van der Waals surface area (Å²) in [4.78, 5) is 11.8. The van der Waals surface area contributed by atoms with Crippen LogP contribution in [-0.2, 0) is 11.2 Å². The molecule has 1 amide bonds. The zero-order valence-corrected chi connectivity index (χ0v) is 14.3. The van der Waals surface area contributed by atoms with Gasteiger partial charge in [-0.2, -0.15) is 0 Å².